The number of thioether (sulfide) groups is 1. The third-order valence-corrected chi connectivity index (χ3v) is 4.06. The maximum Gasteiger partial charge on any atom is 0.109 e. The molecule has 0 saturated heterocycles. The Bertz CT molecular complexity index is 285. The first-order chi connectivity index (χ1) is 7.13. The van der Waals surface area contributed by atoms with Crippen molar-refractivity contribution in [2.75, 3.05) is 5.75 Å². The number of rotatable bonds is 6. The van der Waals surface area contributed by atoms with Gasteiger partial charge in [-0.05, 0) is 6.42 Å². The van der Waals surface area contributed by atoms with E-state index in [1.807, 2.05) is 35.8 Å². The molecule has 0 aliphatic rings. The predicted octanol–water partition coefficient (Wildman–Crippen LogP) is 1.82. The van der Waals surface area contributed by atoms with E-state index in [0.717, 1.165) is 18.0 Å². The highest BCUT2D eigenvalue weighted by atomic mass is 32.2. The van der Waals surface area contributed by atoms with E-state index in [1.54, 1.807) is 0 Å². The number of nitrogens with two attached hydrogens (primary N) is 1. The van der Waals surface area contributed by atoms with Gasteiger partial charge in [-0.1, -0.05) is 13.8 Å². The molecule has 0 bridgehead atoms. The fourth-order valence-corrected chi connectivity index (χ4v) is 2.22. The molecule has 0 fully saturated rings. The SMILES string of the molecule is CCC(C)SCC(N)Cc1nccn1C. The quantitative estimate of drug-likeness (QED) is 0.806. The predicted molar refractivity (Wildman–Crippen MR) is 67.1 cm³/mol. The van der Waals surface area contributed by atoms with Crippen LogP contribution in [0.2, 0.25) is 0 Å². The van der Waals surface area contributed by atoms with Crippen molar-refractivity contribution in [3.8, 4) is 0 Å². The summed E-state index contributed by atoms with van der Waals surface area (Å²) in [6.45, 7) is 4.46. The molecule has 4 heteroatoms. The van der Waals surface area contributed by atoms with Crippen molar-refractivity contribution in [2.45, 2.75) is 38.0 Å². The van der Waals surface area contributed by atoms with E-state index in [1.165, 1.54) is 6.42 Å². The Morgan fingerprint density at radius 3 is 2.87 bits per heavy atom. The number of imidazole rings is 1. The molecule has 0 aliphatic heterocycles. The molecule has 0 saturated carbocycles. The lowest BCUT2D eigenvalue weighted by Crippen LogP contribution is -2.27. The summed E-state index contributed by atoms with van der Waals surface area (Å²) in [5.41, 5.74) is 6.06. The maximum atomic E-state index is 6.06. The van der Waals surface area contributed by atoms with Crippen LogP contribution in [0.15, 0.2) is 12.4 Å². The van der Waals surface area contributed by atoms with E-state index in [4.69, 9.17) is 5.73 Å². The molecule has 0 aliphatic carbocycles. The van der Waals surface area contributed by atoms with Crippen LogP contribution in [0.5, 0.6) is 0 Å². The Labute approximate surface area is 96.5 Å². The highest BCUT2D eigenvalue weighted by molar-refractivity contribution is 7.99. The van der Waals surface area contributed by atoms with Crippen LogP contribution < -0.4 is 5.73 Å². The zero-order valence-corrected chi connectivity index (χ0v) is 10.6. The standard InChI is InChI=1S/C11H21N3S/c1-4-9(2)15-8-10(12)7-11-13-5-6-14(11)3/h5-6,9-10H,4,7-8,12H2,1-3H3. The van der Waals surface area contributed by atoms with Gasteiger partial charge < -0.3 is 10.3 Å². The second-order valence-corrected chi connectivity index (χ2v) is 5.44. The Hall–Kier alpha value is -0.480. The zero-order valence-electron chi connectivity index (χ0n) is 9.81. The third kappa shape index (κ3) is 4.26. The first-order valence-electron chi connectivity index (χ1n) is 5.46. The van der Waals surface area contributed by atoms with Crippen molar-refractivity contribution >= 4 is 11.8 Å². The van der Waals surface area contributed by atoms with Crippen LogP contribution in [0.4, 0.5) is 0 Å². The Balaban J connectivity index is 2.30. The minimum absolute atomic E-state index is 0.213. The smallest absolute Gasteiger partial charge is 0.109 e. The van der Waals surface area contributed by atoms with E-state index < -0.39 is 0 Å². The minimum atomic E-state index is 0.213. The van der Waals surface area contributed by atoms with E-state index >= 15 is 0 Å². The zero-order chi connectivity index (χ0) is 11.3. The van der Waals surface area contributed by atoms with Gasteiger partial charge in [-0.25, -0.2) is 4.98 Å². The van der Waals surface area contributed by atoms with Crippen LogP contribution in [-0.4, -0.2) is 26.6 Å². The van der Waals surface area contributed by atoms with E-state index in [0.29, 0.717) is 5.25 Å². The molecule has 1 aromatic rings. The maximum absolute atomic E-state index is 6.06. The lowest BCUT2D eigenvalue weighted by molar-refractivity contribution is 0.677. The lowest BCUT2D eigenvalue weighted by atomic mass is 10.2. The molecule has 2 unspecified atom stereocenters. The molecule has 1 heterocycles. The number of aromatic nitrogens is 2. The lowest BCUT2D eigenvalue weighted by Gasteiger charge is -2.14. The average Bonchev–Trinajstić information content (AvgIpc) is 2.61. The number of hydrogen-bond donors (Lipinski definition) is 1. The van der Waals surface area contributed by atoms with Gasteiger partial charge in [-0.2, -0.15) is 11.8 Å². The van der Waals surface area contributed by atoms with Gasteiger partial charge in [-0.3, -0.25) is 0 Å². The highest BCUT2D eigenvalue weighted by Gasteiger charge is 2.09. The topological polar surface area (TPSA) is 43.8 Å². The summed E-state index contributed by atoms with van der Waals surface area (Å²) in [4.78, 5) is 4.28. The summed E-state index contributed by atoms with van der Waals surface area (Å²) in [6.07, 6.45) is 5.86. The molecule has 0 amide bonds. The highest BCUT2D eigenvalue weighted by Crippen LogP contribution is 2.15. The van der Waals surface area contributed by atoms with Gasteiger partial charge in [0.15, 0.2) is 0 Å². The molecular weight excluding hydrogens is 206 g/mol. The molecule has 15 heavy (non-hydrogen) atoms. The van der Waals surface area contributed by atoms with Crippen molar-refractivity contribution in [1.29, 1.82) is 0 Å². The van der Waals surface area contributed by atoms with Crippen molar-refractivity contribution in [3.05, 3.63) is 18.2 Å². The first-order valence-corrected chi connectivity index (χ1v) is 6.51. The molecule has 2 atom stereocenters. The van der Waals surface area contributed by atoms with Gasteiger partial charge >= 0.3 is 0 Å². The minimum Gasteiger partial charge on any atom is -0.338 e. The molecule has 0 aromatic carbocycles. The average molecular weight is 227 g/mol. The summed E-state index contributed by atoms with van der Waals surface area (Å²) >= 11 is 1.95. The molecule has 1 rings (SSSR count). The summed E-state index contributed by atoms with van der Waals surface area (Å²) in [5, 5.41) is 0.706. The molecule has 1 aromatic heterocycles. The molecule has 0 radical (unpaired) electrons. The summed E-state index contributed by atoms with van der Waals surface area (Å²) in [5.74, 6) is 2.09. The Morgan fingerprint density at radius 1 is 1.60 bits per heavy atom. The summed E-state index contributed by atoms with van der Waals surface area (Å²) in [6, 6.07) is 0.213. The van der Waals surface area contributed by atoms with Gasteiger partial charge in [0, 0.05) is 42.9 Å². The number of aryl methyl sites for hydroxylation is 1. The van der Waals surface area contributed by atoms with Crippen LogP contribution in [0.1, 0.15) is 26.1 Å². The van der Waals surface area contributed by atoms with Crippen molar-refractivity contribution in [3.63, 3.8) is 0 Å². The number of hydrogen-bond acceptors (Lipinski definition) is 3. The van der Waals surface area contributed by atoms with Crippen molar-refractivity contribution in [2.24, 2.45) is 12.8 Å². The Morgan fingerprint density at radius 2 is 2.33 bits per heavy atom. The first kappa shape index (κ1) is 12.6. The Kier molecular flexibility index (Phi) is 5.19. The summed E-state index contributed by atoms with van der Waals surface area (Å²) in [7, 11) is 2.01. The second-order valence-electron chi connectivity index (χ2n) is 3.97. The van der Waals surface area contributed by atoms with E-state index in [9.17, 15) is 0 Å². The largest absolute Gasteiger partial charge is 0.338 e. The number of nitrogens with zero attached hydrogens (tertiary/aromatic N) is 2. The normalized spacial score (nSPS) is 15.2. The molecular formula is C11H21N3S. The van der Waals surface area contributed by atoms with Crippen LogP contribution >= 0.6 is 11.8 Å². The van der Waals surface area contributed by atoms with Gasteiger partial charge in [-0.15, -0.1) is 0 Å². The third-order valence-electron chi connectivity index (χ3n) is 2.54. The molecule has 2 N–H and O–H groups in total. The van der Waals surface area contributed by atoms with Crippen LogP contribution in [0.25, 0.3) is 0 Å². The van der Waals surface area contributed by atoms with E-state index in [-0.39, 0.29) is 6.04 Å². The van der Waals surface area contributed by atoms with Gasteiger partial charge in [0.25, 0.3) is 0 Å². The fraction of sp³-hybridized carbons (Fsp3) is 0.727. The van der Waals surface area contributed by atoms with E-state index in [2.05, 4.69) is 18.8 Å². The van der Waals surface area contributed by atoms with Crippen molar-refractivity contribution < 1.29 is 0 Å². The van der Waals surface area contributed by atoms with Crippen LogP contribution in [0.3, 0.4) is 0 Å². The van der Waals surface area contributed by atoms with Gasteiger partial charge in [0.2, 0.25) is 0 Å². The molecule has 86 valence electrons. The fourth-order valence-electron chi connectivity index (χ4n) is 1.29. The van der Waals surface area contributed by atoms with Gasteiger partial charge in [0.05, 0.1) is 0 Å². The van der Waals surface area contributed by atoms with Gasteiger partial charge in [0.1, 0.15) is 5.82 Å². The van der Waals surface area contributed by atoms with Crippen LogP contribution in [0, 0.1) is 0 Å². The molecule has 3 nitrogen and oxygen atoms in total. The van der Waals surface area contributed by atoms with Crippen molar-refractivity contribution in [1.82, 2.24) is 9.55 Å². The monoisotopic (exact) mass is 227 g/mol. The summed E-state index contributed by atoms with van der Waals surface area (Å²) < 4.78 is 2.04. The van der Waals surface area contributed by atoms with Crippen LogP contribution in [-0.2, 0) is 13.5 Å². The second kappa shape index (κ2) is 6.18. The molecule has 0 spiro atoms.